The van der Waals surface area contributed by atoms with Gasteiger partial charge < -0.3 is 15.0 Å². The fourth-order valence-corrected chi connectivity index (χ4v) is 3.12. The average molecular weight is 393 g/mol. The lowest BCUT2D eigenvalue weighted by molar-refractivity contribution is -0.133. The maximum Gasteiger partial charge on any atom is 0.339 e. The molecule has 2 amide bonds. The number of rotatable bonds is 10. The minimum absolute atomic E-state index is 0.0602. The number of nitrogens with zero attached hydrogens (tertiary/aromatic N) is 1. The zero-order chi connectivity index (χ0) is 20.4. The van der Waals surface area contributed by atoms with Crippen molar-refractivity contribution in [3.05, 3.63) is 42.0 Å². The van der Waals surface area contributed by atoms with Gasteiger partial charge in [0, 0.05) is 24.0 Å². The van der Waals surface area contributed by atoms with E-state index in [1.807, 2.05) is 27.7 Å². The van der Waals surface area contributed by atoms with Gasteiger partial charge in [-0.1, -0.05) is 24.3 Å². The Bertz CT molecular complexity index is 688. The van der Waals surface area contributed by atoms with E-state index >= 15 is 0 Å². The van der Waals surface area contributed by atoms with E-state index in [0.29, 0.717) is 23.5 Å². The summed E-state index contributed by atoms with van der Waals surface area (Å²) in [5, 5.41) is 2.80. The first-order valence-electron chi connectivity index (χ1n) is 8.85. The van der Waals surface area contributed by atoms with Crippen molar-refractivity contribution in [1.82, 2.24) is 10.2 Å². The van der Waals surface area contributed by atoms with Crippen molar-refractivity contribution in [3.8, 4) is 0 Å². The summed E-state index contributed by atoms with van der Waals surface area (Å²) in [7, 11) is 0. The monoisotopic (exact) mass is 392 g/mol. The second-order valence-corrected chi connectivity index (χ2v) is 7.47. The fourth-order valence-electron chi connectivity index (χ4n) is 2.27. The Labute approximate surface area is 165 Å². The van der Waals surface area contributed by atoms with Crippen LogP contribution in [0.3, 0.4) is 0 Å². The standard InChI is InChI=1S/C20H28N2O4S/c1-6-22(11-14(2)3)19(24)12-26-20(25)16-9-7-8-10-17(16)27-13-18(23)21-15(4)5/h7-10,15H,2,6,11-13H2,1,3-5H3,(H,21,23). The van der Waals surface area contributed by atoms with Crippen LogP contribution in [0.2, 0.25) is 0 Å². The van der Waals surface area contributed by atoms with E-state index in [9.17, 15) is 14.4 Å². The molecule has 0 saturated heterocycles. The molecule has 0 bridgehead atoms. The van der Waals surface area contributed by atoms with E-state index < -0.39 is 5.97 Å². The molecule has 1 N–H and O–H groups in total. The van der Waals surface area contributed by atoms with Crippen LogP contribution in [0, 0.1) is 0 Å². The van der Waals surface area contributed by atoms with E-state index in [0.717, 1.165) is 5.57 Å². The van der Waals surface area contributed by atoms with Crippen LogP contribution in [-0.2, 0) is 14.3 Å². The van der Waals surface area contributed by atoms with Gasteiger partial charge in [0.2, 0.25) is 5.91 Å². The largest absolute Gasteiger partial charge is 0.452 e. The third-order valence-electron chi connectivity index (χ3n) is 3.44. The van der Waals surface area contributed by atoms with Gasteiger partial charge >= 0.3 is 5.97 Å². The second-order valence-electron chi connectivity index (χ2n) is 6.45. The molecule has 0 atom stereocenters. The van der Waals surface area contributed by atoms with Crippen molar-refractivity contribution in [2.75, 3.05) is 25.4 Å². The van der Waals surface area contributed by atoms with Crippen LogP contribution < -0.4 is 5.32 Å². The maximum atomic E-state index is 12.4. The van der Waals surface area contributed by atoms with Crippen LogP contribution >= 0.6 is 11.8 Å². The molecular formula is C20H28N2O4S. The Balaban J connectivity index is 2.68. The first-order valence-corrected chi connectivity index (χ1v) is 9.83. The molecule has 0 aliphatic heterocycles. The van der Waals surface area contributed by atoms with Gasteiger partial charge in [0.05, 0.1) is 11.3 Å². The normalized spacial score (nSPS) is 10.4. The van der Waals surface area contributed by atoms with Crippen molar-refractivity contribution in [2.45, 2.75) is 38.6 Å². The molecule has 0 aliphatic rings. The molecular weight excluding hydrogens is 364 g/mol. The molecule has 0 heterocycles. The number of carbonyl (C=O) groups is 3. The Hall–Kier alpha value is -2.28. The van der Waals surface area contributed by atoms with Crippen molar-refractivity contribution >= 4 is 29.5 Å². The quantitative estimate of drug-likeness (QED) is 0.376. The summed E-state index contributed by atoms with van der Waals surface area (Å²) in [5.41, 5.74) is 1.20. The van der Waals surface area contributed by atoms with Gasteiger partial charge in [0.1, 0.15) is 0 Å². The highest BCUT2D eigenvalue weighted by Crippen LogP contribution is 2.23. The molecule has 1 aromatic rings. The number of nitrogens with one attached hydrogen (secondary N) is 1. The minimum atomic E-state index is -0.581. The van der Waals surface area contributed by atoms with Crippen molar-refractivity contribution in [3.63, 3.8) is 0 Å². The smallest absolute Gasteiger partial charge is 0.339 e. The van der Waals surface area contributed by atoms with Crippen LogP contribution in [0.25, 0.3) is 0 Å². The SMILES string of the molecule is C=C(C)CN(CC)C(=O)COC(=O)c1ccccc1SCC(=O)NC(C)C. The van der Waals surface area contributed by atoms with Gasteiger partial charge in [-0.25, -0.2) is 4.79 Å². The predicted molar refractivity (Wildman–Crippen MR) is 108 cm³/mol. The maximum absolute atomic E-state index is 12.4. The molecule has 0 spiro atoms. The molecule has 6 nitrogen and oxygen atoms in total. The van der Waals surface area contributed by atoms with Gasteiger partial charge in [0.25, 0.3) is 5.91 Å². The van der Waals surface area contributed by atoms with Crippen molar-refractivity contribution in [1.29, 1.82) is 0 Å². The van der Waals surface area contributed by atoms with E-state index in [4.69, 9.17) is 4.74 Å². The van der Waals surface area contributed by atoms with Crippen molar-refractivity contribution in [2.24, 2.45) is 0 Å². The molecule has 0 fully saturated rings. The lowest BCUT2D eigenvalue weighted by Crippen LogP contribution is -2.35. The van der Waals surface area contributed by atoms with Gasteiger partial charge in [0.15, 0.2) is 6.61 Å². The number of benzene rings is 1. The van der Waals surface area contributed by atoms with E-state index in [1.165, 1.54) is 11.8 Å². The molecule has 148 valence electrons. The molecule has 0 saturated carbocycles. The zero-order valence-corrected chi connectivity index (χ0v) is 17.2. The molecule has 27 heavy (non-hydrogen) atoms. The summed E-state index contributed by atoms with van der Waals surface area (Å²) < 4.78 is 5.19. The van der Waals surface area contributed by atoms with E-state index in [-0.39, 0.29) is 30.2 Å². The predicted octanol–water partition coefficient (Wildman–Crippen LogP) is 2.88. The van der Waals surface area contributed by atoms with Crippen LogP contribution in [-0.4, -0.2) is 54.2 Å². The third-order valence-corrected chi connectivity index (χ3v) is 4.51. The lowest BCUT2D eigenvalue weighted by atomic mass is 10.2. The summed E-state index contributed by atoms with van der Waals surface area (Å²) in [6, 6.07) is 6.95. The molecule has 0 unspecified atom stereocenters. The summed E-state index contributed by atoms with van der Waals surface area (Å²) >= 11 is 1.26. The summed E-state index contributed by atoms with van der Waals surface area (Å²) in [6.07, 6.45) is 0. The molecule has 1 rings (SSSR count). The average Bonchev–Trinajstić information content (AvgIpc) is 2.61. The molecule has 0 aliphatic carbocycles. The molecule has 1 aromatic carbocycles. The first-order chi connectivity index (χ1) is 12.7. The summed E-state index contributed by atoms with van der Waals surface area (Å²) in [5.74, 6) is -0.756. The number of ether oxygens (including phenoxy) is 1. The Kier molecular flexibility index (Phi) is 9.64. The van der Waals surface area contributed by atoms with Crippen LogP contribution in [0.5, 0.6) is 0 Å². The van der Waals surface area contributed by atoms with Crippen LogP contribution in [0.4, 0.5) is 0 Å². The van der Waals surface area contributed by atoms with Crippen LogP contribution in [0.1, 0.15) is 38.1 Å². The molecule has 7 heteroatoms. The zero-order valence-electron chi connectivity index (χ0n) is 16.4. The van der Waals surface area contributed by atoms with Gasteiger partial charge in [-0.2, -0.15) is 0 Å². The third kappa shape index (κ3) is 8.30. The number of esters is 1. The number of hydrogen-bond donors (Lipinski definition) is 1. The Morgan fingerprint density at radius 2 is 1.93 bits per heavy atom. The number of likely N-dealkylation sites (N-methyl/N-ethyl adjacent to an activating group) is 1. The van der Waals surface area contributed by atoms with Gasteiger partial charge in [-0.3, -0.25) is 9.59 Å². The number of hydrogen-bond acceptors (Lipinski definition) is 5. The van der Waals surface area contributed by atoms with E-state index in [1.54, 1.807) is 29.2 Å². The number of amides is 2. The lowest BCUT2D eigenvalue weighted by Gasteiger charge is -2.20. The summed E-state index contributed by atoms with van der Waals surface area (Å²) in [4.78, 5) is 38.6. The van der Waals surface area contributed by atoms with Crippen LogP contribution in [0.15, 0.2) is 41.3 Å². The summed E-state index contributed by atoms with van der Waals surface area (Å²) in [6.45, 7) is 11.9. The first kappa shape index (κ1) is 22.8. The van der Waals surface area contributed by atoms with Gasteiger partial charge in [-0.05, 0) is 39.8 Å². The second kappa shape index (κ2) is 11.4. The molecule has 0 aromatic heterocycles. The highest BCUT2D eigenvalue weighted by Gasteiger charge is 2.18. The molecule has 0 radical (unpaired) electrons. The van der Waals surface area contributed by atoms with Gasteiger partial charge in [-0.15, -0.1) is 11.8 Å². The van der Waals surface area contributed by atoms with E-state index in [2.05, 4.69) is 11.9 Å². The highest BCUT2D eigenvalue weighted by molar-refractivity contribution is 8.00. The minimum Gasteiger partial charge on any atom is -0.452 e. The highest BCUT2D eigenvalue weighted by atomic mass is 32.2. The topological polar surface area (TPSA) is 75.7 Å². The Morgan fingerprint density at radius 1 is 1.26 bits per heavy atom. The fraction of sp³-hybridized carbons (Fsp3) is 0.450. The van der Waals surface area contributed by atoms with Crippen molar-refractivity contribution < 1.29 is 19.1 Å². The number of carbonyl (C=O) groups excluding carboxylic acids is 3. The number of thioether (sulfide) groups is 1. The Morgan fingerprint density at radius 3 is 2.52 bits per heavy atom.